The van der Waals surface area contributed by atoms with Crippen molar-refractivity contribution in [2.24, 2.45) is 0 Å². The molecule has 0 aliphatic carbocycles. The zero-order valence-corrected chi connectivity index (χ0v) is 8.69. The van der Waals surface area contributed by atoms with Gasteiger partial charge in [0.15, 0.2) is 0 Å². The van der Waals surface area contributed by atoms with Crippen molar-refractivity contribution in [2.75, 3.05) is 0 Å². The quantitative estimate of drug-likeness (QED) is 0.625. The van der Waals surface area contributed by atoms with Gasteiger partial charge in [0.05, 0.1) is 3.57 Å². The normalized spacial score (nSPS) is 10.2. The Morgan fingerprint density at radius 3 is 2.77 bits per heavy atom. The third kappa shape index (κ3) is 1.64. The number of H-pyrrole nitrogens is 1. The van der Waals surface area contributed by atoms with Crippen LogP contribution in [0.25, 0.3) is 5.69 Å². The van der Waals surface area contributed by atoms with Crippen LogP contribution in [0, 0.1) is 3.57 Å². The summed E-state index contributed by atoms with van der Waals surface area (Å²) in [5.41, 5.74) is 0.508. The Kier molecular flexibility index (Phi) is 2.17. The van der Waals surface area contributed by atoms with E-state index >= 15 is 0 Å². The molecular weight excluding hydrogens is 283 g/mol. The van der Waals surface area contributed by atoms with E-state index in [0.29, 0.717) is 0 Å². The van der Waals surface area contributed by atoms with Crippen LogP contribution in [0.1, 0.15) is 0 Å². The van der Waals surface area contributed by atoms with Crippen molar-refractivity contribution in [3.8, 4) is 5.69 Å². The van der Waals surface area contributed by atoms with Crippen molar-refractivity contribution in [3.63, 3.8) is 0 Å². The third-order valence-corrected chi connectivity index (χ3v) is 2.50. The van der Waals surface area contributed by atoms with Crippen LogP contribution in [0.15, 0.2) is 39.8 Å². The molecule has 66 valence electrons. The molecule has 0 atom stereocenters. The van der Waals surface area contributed by atoms with Crippen LogP contribution in [-0.4, -0.2) is 5.27 Å². The average Bonchev–Trinajstić information content (AvgIpc) is 2.53. The summed E-state index contributed by atoms with van der Waals surface area (Å²) >= 11 is 2.19. The Balaban J connectivity index is 2.58. The second-order valence-electron chi connectivity index (χ2n) is 2.46. The summed E-state index contributed by atoms with van der Waals surface area (Å²) in [5, 5.41) is 2.49. The van der Waals surface area contributed by atoms with Gasteiger partial charge in [0.25, 0.3) is 11.9 Å². The maximum Gasteiger partial charge on any atom is 0.427 e. The van der Waals surface area contributed by atoms with E-state index in [9.17, 15) is 4.79 Å². The van der Waals surface area contributed by atoms with Gasteiger partial charge in [-0.3, -0.25) is 4.52 Å². The Morgan fingerprint density at radius 1 is 1.38 bits per heavy atom. The molecule has 1 heterocycles. The van der Waals surface area contributed by atoms with Gasteiger partial charge in [0.2, 0.25) is 0 Å². The monoisotopic (exact) mass is 289 g/mol. The topological polar surface area (TPSA) is 49.9 Å². The van der Waals surface area contributed by atoms with Gasteiger partial charge in [-0.15, -0.1) is 0 Å². The minimum absolute atomic E-state index is 0.389. The van der Waals surface area contributed by atoms with E-state index in [2.05, 4.69) is 32.4 Å². The number of hydrogen-bond donors (Lipinski definition) is 1. The maximum atomic E-state index is 10.8. The number of halogens is 1. The van der Waals surface area contributed by atoms with Crippen LogP contribution >= 0.6 is 22.6 Å². The number of hydrogen-bond acceptors (Lipinski definition) is 2. The number of nitrogens with one attached hydrogen (secondary N) is 1. The molecule has 4 nitrogen and oxygen atoms in total. The molecule has 2 rings (SSSR count). The smallest absolute Gasteiger partial charge is 0.283 e. The van der Waals surface area contributed by atoms with Crippen molar-refractivity contribution in [1.82, 2.24) is 5.27 Å². The molecule has 0 spiro atoms. The Morgan fingerprint density at radius 2 is 2.15 bits per heavy atom. The van der Waals surface area contributed by atoms with Gasteiger partial charge in [-0.1, -0.05) is 12.1 Å². The zero-order chi connectivity index (χ0) is 9.26. The van der Waals surface area contributed by atoms with Crippen molar-refractivity contribution in [2.45, 2.75) is 0 Å². The predicted molar refractivity (Wildman–Crippen MR) is 53.6 cm³/mol. The van der Waals surface area contributed by atoms with Crippen molar-refractivity contribution in [1.29, 1.82) is 0 Å². The molecule has 0 bridgehead atoms. The fraction of sp³-hybridized carbons (Fsp3) is 0. The van der Waals surface area contributed by atoms with Crippen LogP contribution in [0.4, 0.5) is 0 Å². The average molecular weight is 289 g/mol. The number of para-hydroxylation sites is 1. The summed E-state index contributed by atoms with van der Waals surface area (Å²) in [5.74, 6) is 0. The van der Waals surface area contributed by atoms with E-state index in [0.717, 1.165) is 9.26 Å². The molecule has 5 heteroatoms. The first-order valence-electron chi connectivity index (χ1n) is 3.62. The van der Waals surface area contributed by atoms with Crippen molar-refractivity contribution >= 4 is 22.6 Å². The summed E-state index contributed by atoms with van der Waals surface area (Å²) in [7, 11) is 0. The molecule has 0 aliphatic heterocycles. The Labute approximate surface area is 87.3 Å². The number of aromatic amines is 1. The van der Waals surface area contributed by atoms with Gasteiger partial charge in [0, 0.05) is 6.07 Å². The van der Waals surface area contributed by atoms with Crippen molar-refractivity contribution < 1.29 is 9.20 Å². The van der Waals surface area contributed by atoms with Crippen molar-refractivity contribution in [3.05, 3.63) is 44.5 Å². The molecule has 0 saturated carbocycles. The fourth-order valence-corrected chi connectivity index (χ4v) is 1.67. The fourth-order valence-electron chi connectivity index (χ4n) is 1.02. The first-order valence-corrected chi connectivity index (χ1v) is 4.70. The molecule has 0 amide bonds. The standard InChI is InChI=1S/C8H5IN2O2/c9-6-3-1-2-4-7(6)11-5-8(12)13-10-11/h1-5H/p+1. The van der Waals surface area contributed by atoms with E-state index in [1.54, 1.807) is 4.68 Å². The highest BCUT2D eigenvalue weighted by Gasteiger charge is 2.12. The lowest BCUT2D eigenvalue weighted by atomic mass is 10.3. The molecule has 1 aromatic carbocycles. The van der Waals surface area contributed by atoms with Crippen LogP contribution < -0.4 is 10.3 Å². The molecule has 0 fully saturated rings. The second-order valence-corrected chi connectivity index (χ2v) is 3.63. The van der Waals surface area contributed by atoms with E-state index in [1.807, 2.05) is 24.3 Å². The highest BCUT2D eigenvalue weighted by molar-refractivity contribution is 14.1. The minimum atomic E-state index is -0.389. The third-order valence-electron chi connectivity index (χ3n) is 1.59. The maximum absolute atomic E-state index is 10.8. The molecule has 1 N–H and O–H groups in total. The number of nitrogens with zero attached hydrogens (tertiary/aromatic N) is 1. The van der Waals surface area contributed by atoms with Gasteiger partial charge in [-0.05, 0) is 38.6 Å². The van der Waals surface area contributed by atoms with E-state index < -0.39 is 0 Å². The van der Waals surface area contributed by atoms with Gasteiger partial charge in [0.1, 0.15) is 0 Å². The summed E-state index contributed by atoms with van der Waals surface area (Å²) in [6.45, 7) is 0. The molecule has 0 radical (unpaired) electrons. The lowest BCUT2D eigenvalue weighted by Crippen LogP contribution is -2.33. The number of benzene rings is 1. The number of aromatic nitrogens is 2. The minimum Gasteiger partial charge on any atom is -0.283 e. The van der Waals surface area contributed by atoms with E-state index in [1.165, 1.54) is 6.20 Å². The zero-order valence-electron chi connectivity index (χ0n) is 6.53. The van der Waals surface area contributed by atoms with Crippen LogP contribution in [0.2, 0.25) is 0 Å². The SMILES string of the molecule is O=c1c[n+](-c2ccccc2I)[nH]o1. The van der Waals surface area contributed by atoms with Crippen LogP contribution in [0.3, 0.4) is 0 Å². The van der Waals surface area contributed by atoms with E-state index in [-0.39, 0.29) is 5.63 Å². The Hall–Kier alpha value is -1.11. The number of rotatable bonds is 1. The lowest BCUT2D eigenvalue weighted by molar-refractivity contribution is -0.671. The summed E-state index contributed by atoms with van der Waals surface area (Å²) in [6.07, 6.45) is 1.36. The molecule has 2 aromatic rings. The highest BCUT2D eigenvalue weighted by atomic mass is 127. The molecule has 1 aromatic heterocycles. The lowest BCUT2D eigenvalue weighted by Gasteiger charge is -1.90. The van der Waals surface area contributed by atoms with Gasteiger partial charge >= 0.3 is 5.63 Å². The van der Waals surface area contributed by atoms with Crippen LogP contribution in [-0.2, 0) is 0 Å². The predicted octanol–water partition coefficient (Wildman–Crippen LogP) is 0.849. The molecular formula is C8H6IN2O2+. The van der Waals surface area contributed by atoms with Gasteiger partial charge in [-0.2, -0.15) is 0 Å². The van der Waals surface area contributed by atoms with Gasteiger partial charge in [-0.25, -0.2) is 4.79 Å². The first-order chi connectivity index (χ1) is 6.27. The summed E-state index contributed by atoms with van der Waals surface area (Å²) < 4.78 is 7.14. The summed E-state index contributed by atoms with van der Waals surface area (Å²) in [6, 6.07) is 7.68. The highest BCUT2D eigenvalue weighted by Crippen LogP contribution is 2.09. The largest absolute Gasteiger partial charge is 0.427 e. The second kappa shape index (κ2) is 3.33. The summed E-state index contributed by atoms with van der Waals surface area (Å²) in [4.78, 5) is 10.8. The Bertz CT molecular complexity index is 475. The molecule has 0 unspecified atom stereocenters. The van der Waals surface area contributed by atoms with Gasteiger partial charge < -0.3 is 0 Å². The molecule has 0 saturated heterocycles. The first kappa shape index (κ1) is 8.49. The van der Waals surface area contributed by atoms with E-state index in [4.69, 9.17) is 0 Å². The van der Waals surface area contributed by atoms with Crippen LogP contribution in [0.5, 0.6) is 0 Å². The molecule has 13 heavy (non-hydrogen) atoms. The molecule has 0 aliphatic rings.